The molecule has 0 aliphatic carbocycles. The Kier molecular flexibility index (Phi) is 3.36. The maximum atomic E-state index is 12.5. The summed E-state index contributed by atoms with van der Waals surface area (Å²) in [6.45, 7) is 1.53. The molecular formula is C12H7ClF3NO2. The molecule has 0 saturated heterocycles. The van der Waals surface area contributed by atoms with Gasteiger partial charge in [0.2, 0.25) is 0 Å². The van der Waals surface area contributed by atoms with Crippen LogP contribution in [0.2, 0.25) is 5.02 Å². The summed E-state index contributed by atoms with van der Waals surface area (Å²) in [6.07, 6.45) is -3.30. The van der Waals surface area contributed by atoms with Crippen LogP contribution in [-0.4, -0.2) is 10.9 Å². The summed E-state index contributed by atoms with van der Waals surface area (Å²) >= 11 is 5.73. The summed E-state index contributed by atoms with van der Waals surface area (Å²) in [5.41, 5.74) is -0.765. The fourth-order valence-corrected chi connectivity index (χ4v) is 1.80. The van der Waals surface area contributed by atoms with Crippen molar-refractivity contribution in [3.8, 4) is 0 Å². The van der Waals surface area contributed by atoms with Crippen molar-refractivity contribution >= 4 is 17.4 Å². The van der Waals surface area contributed by atoms with Gasteiger partial charge in [0.1, 0.15) is 5.76 Å². The third-order valence-corrected chi connectivity index (χ3v) is 2.85. The van der Waals surface area contributed by atoms with E-state index in [1.165, 1.54) is 13.1 Å². The van der Waals surface area contributed by atoms with Crippen molar-refractivity contribution in [1.82, 2.24) is 5.16 Å². The number of carbonyl (C=O) groups excluding carboxylic acids is 1. The molecule has 0 unspecified atom stereocenters. The Bertz CT molecular complexity index is 634. The highest BCUT2D eigenvalue weighted by Crippen LogP contribution is 2.32. The van der Waals surface area contributed by atoms with Crippen molar-refractivity contribution in [3.63, 3.8) is 0 Å². The monoisotopic (exact) mass is 289 g/mol. The average Bonchev–Trinajstić information content (AvgIpc) is 2.73. The Balaban J connectivity index is 2.43. The molecule has 7 heteroatoms. The first-order valence-corrected chi connectivity index (χ1v) is 5.51. The SMILES string of the molecule is Cc1oncc1C(=O)c1ccc(C(F)(F)F)cc1Cl. The van der Waals surface area contributed by atoms with Gasteiger partial charge in [0.15, 0.2) is 5.78 Å². The first-order chi connectivity index (χ1) is 8.80. The molecule has 1 heterocycles. The highest BCUT2D eigenvalue weighted by molar-refractivity contribution is 6.35. The number of alkyl halides is 3. The molecule has 0 radical (unpaired) electrons. The number of rotatable bonds is 2. The van der Waals surface area contributed by atoms with Crippen LogP contribution in [0.15, 0.2) is 28.9 Å². The van der Waals surface area contributed by atoms with Gasteiger partial charge in [-0.2, -0.15) is 13.2 Å². The Morgan fingerprint density at radius 3 is 2.47 bits per heavy atom. The molecule has 0 N–H and O–H groups in total. The maximum absolute atomic E-state index is 12.5. The van der Waals surface area contributed by atoms with Crippen LogP contribution in [0, 0.1) is 6.92 Å². The van der Waals surface area contributed by atoms with Crippen LogP contribution >= 0.6 is 11.6 Å². The van der Waals surface area contributed by atoms with E-state index < -0.39 is 17.5 Å². The van der Waals surface area contributed by atoms with E-state index in [1.54, 1.807) is 0 Å². The molecule has 19 heavy (non-hydrogen) atoms. The Labute approximate surface area is 111 Å². The molecule has 0 atom stereocenters. The molecule has 0 fully saturated rings. The average molecular weight is 290 g/mol. The quantitative estimate of drug-likeness (QED) is 0.788. The van der Waals surface area contributed by atoms with Crippen molar-refractivity contribution in [3.05, 3.63) is 51.9 Å². The molecule has 3 nitrogen and oxygen atoms in total. The van der Waals surface area contributed by atoms with Crippen LogP contribution in [0.1, 0.15) is 27.2 Å². The fraction of sp³-hybridized carbons (Fsp3) is 0.167. The van der Waals surface area contributed by atoms with Crippen molar-refractivity contribution in [2.45, 2.75) is 13.1 Å². The predicted octanol–water partition coefficient (Wildman–Crippen LogP) is 3.89. The van der Waals surface area contributed by atoms with Crippen LogP contribution in [-0.2, 0) is 6.18 Å². The van der Waals surface area contributed by atoms with Gasteiger partial charge in [-0.15, -0.1) is 0 Å². The zero-order valence-corrected chi connectivity index (χ0v) is 10.3. The lowest BCUT2D eigenvalue weighted by molar-refractivity contribution is -0.137. The van der Waals surface area contributed by atoms with E-state index in [0.29, 0.717) is 0 Å². The summed E-state index contributed by atoms with van der Waals surface area (Å²) in [6, 6.07) is 2.57. The summed E-state index contributed by atoms with van der Waals surface area (Å²) < 4.78 is 42.1. The van der Waals surface area contributed by atoms with Gasteiger partial charge in [-0.1, -0.05) is 16.8 Å². The smallest absolute Gasteiger partial charge is 0.361 e. The largest absolute Gasteiger partial charge is 0.416 e. The summed E-state index contributed by atoms with van der Waals surface area (Å²) in [5, 5.41) is 3.17. The van der Waals surface area contributed by atoms with Crippen LogP contribution in [0.5, 0.6) is 0 Å². The third-order valence-electron chi connectivity index (χ3n) is 2.54. The number of aryl methyl sites for hydroxylation is 1. The second kappa shape index (κ2) is 4.70. The number of benzene rings is 1. The lowest BCUT2D eigenvalue weighted by atomic mass is 10.0. The molecule has 100 valence electrons. The maximum Gasteiger partial charge on any atom is 0.416 e. The van der Waals surface area contributed by atoms with E-state index in [1.807, 2.05) is 0 Å². The van der Waals surface area contributed by atoms with E-state index in [-0.39, 0.29) is 21.9 Å². The van der Waals surface area contributed by atoms with Crippen LogP contribution < -0.4 is 0 Å². The van der Waals surface area contributed by atoms with E-state index in [2.05, 4.69) is 5.16 Å². The number of ketones is 1. The van der Waals surface area contributed by atoms with Crippen LogP contribution in [0.4, 0.5) is 13.2 Å². The minimum atomic E-state index is -4.50. The van der Waals surface area contributed by atoms with Gasteiger partial charge in [0, 0.05) is 5.56 Å². The number of carbonyl (C=O) groups is 1. The molecule has 0 spiro atoms. The van der Waals surface area contributed by atoms with Crippen molar-refractivity contribution in [2.24, 2.45) is 0 Å². The molecule has 2 aromatic rings. The van der Waals surface area contributed by atoms with E-state index in [4.69, 9.17) is 16.1 Å². The molecule has 2 rings (SSSR count). The van der Waals surface area contributed by atoms with Gasteiger partial charge in [-0.3, -0.25) is 4.79 Å². The molecular weight excluding hydrogens is 283 g/mol. The number of hydrogen-bond acceptors (Lipinski definition) is 3. The molecule has 0 amide bonds. The third kappa shape index (κ3) is 2.63. The molecule has 0 saturated carbocycles. The predicted molar refractivity (Wildman–Crippen MR) is 61.1 cm³/mol. The first-order valence-electron chi connectivity index (χ1n) is 5.13. The number of halogens is 4. The van der Waals surface area contributed by atoms with Crippen LogP contribution in [0.25, 0.3) is 0 Å². The highest BCUT2D eigenvalue weighted by atomic mass is 35.5. The van der Waals surface area contributed by atoms with E-state index in [0.717, 1.165) is 18.2 Å². The number of nitrogens with zero attached hydrogens (tertiary/aromatic N) is 1. The molecule has 1 aromatic heterocycles. The van der Waals surface area contributed by atoms with Crippen LogP contribution in [0.3, 0.4) is 0 Å². The summed E-state index contributed by atoms with van der Waals surface area (Å²) in [5.74, 6) is -0.251. The Morgan fingerprint density at radius 2 is 2.00 bits per heavy atom. The van der Waals surface area contributed by atoms with Crippen molar-refractivity contribution < 1.29 is 22.5 Å². The topological polar surface area (TPSA) is 43.1 Å². The Morgan fingerprint density at radius 1 is 1.32 bits per heavy atom. The lowest BCUT2D eigenvalue weighted by Gasteiger charge is -2.08. The second-order valence-electron chi connectivity index (χ2n) is 3.82. The van der Waals surface area contributed by atoms with Crippen molar-refractivity contribution in [2.75, 3.05) is 0 Å². The standard InChI is InChI=1S/C12H7ClF3NO2/c1-6-9(5-17-19-6)11(18)8-3-2-7(4-10(8)13)12(14,15)16/h2-5H,1H3. The zero-order valence-electron chi connectivity index (χ0n) is 9.58. The minimum absolute atomic E-state index is 0.0269. The second-order valence-corrected chi connectivity index (χ2v) is 4.22. The van der Waals surface area contributed by atoms with Gasteiger partial charge < -0.3 is 4.52 Å². The minimum Gasteiger partial charge on any atom is -0.361 e. The van der Waals surface area contributed by atoms with Gasteiger partial charge in [0.05, 0.1) is 22.3 Å². The normalized spacial score (nSPS) is 11.6. The molecule has 1 aromatic carbocycles. The number of aromatic nitrogens is 1. The number of hydrogen-bond donors (Lipinski definition) is 0. The van der Waals surface area contributed by atoms with Gasteiger partial charge in [-0.25, -0.2) is 0 Å². The molecule has 0 aliphatic heterocycles. The fourth-order valence-electron chi connectivity index (χ4n) is 1.54. The Hall–Kier alpha value is -1.82. The van der Waals surface area contributed by atoms with Crippen molar-refractivity contribution in [1.29, 1.82) is 0 Å². The summed E-state index contributed by atoms with van der Waals surface area (Å²) in [7, 11) is 0. The highest BCUT2D eigenvalue weighted by Gasteiger charge is 2.31. The van der Waals surface area contributed by atoms with Gasteiger partial charge in [-0.05, 0) is 25.1 Å². The lowest BCUT2D eigenvalue weighted by Crippen LogP contribution is -2.07. The van der Waals surface area contributed by atoms with E-state index >= 15 is 0 Å². The van der Waals surface area contributed by atoms with E-state index in [9.17, 15) is 18.0 Å². The first kappa shape index (κ1) is 13.6. The van der Waals surface area contributed by atoms with Gasteiger partial charge >= 0.3 is 6.18 Å². The van der Waals surface area contributed by atoms with Gasteiger partial charge in [0.25, 0.3) is 0 Å². The molecule has 0 bridgehead atoms. The zero-order chi connectivity index (χ0) is 14.2. The molecule has 0 aliphatic rings. The summed E-state index contributed by atoms with van der Waals surface area (Å²) in [4.78, 5) is 12.0.